The molecule has 9 nitrogen and oxygen atoms in total. The monoisotopic (exact) mass is 501 g/mol. The summed E-state index contributed by atoms with van der Waals surface area (Å²) in [7, 11) is 1.63. The Labute approximate surface area is 210 Å². The molecule has 3 aromatic heterocycles. The average Bonchev–Trinajstić information content (AvgIpc) is 2.87. The van der Waals surface area contributed by atoms with E-state index < -0.39 is 0 Å². The van der Waals surface area contributed by atoms with Crippen LogP contribution in [0.3, 0.4) is 0 Å². The van der Waals surface area contributed by atoms with Gasteiger partial charge in [-0.05, 0) is 38.9 Å². The van der Waals surface area contributed by atoms with Gasteiger partial charge in [0.05, 0.1) is 35.7 Å². The number of fused-ring (bicyclic) bond motifs is 2. The first-order valence-corrected chi connectivity index (χ1v) is 11.9. The van der Waals surface area contributed by atoms with Gasteiger partial charge in [-0.2, -0.15) is 0 Å². The molecule has 3 aromatic rings. The minimum atomic E-state index is -0.0105. The Morgan fingerprint density at radius 1 is 1.11 bits per heavy atom. The lowest BCUT2D eigenvalue weighted by molar-refractivity contribution is 0.170. The second kappa shape index (κ2) is 11.2. The summed E-state index contributed by atoms with van der Waals surface area (Å²) in [6, 6.07) is 7.71. The van der Waals surface area contributed by atoms with Crippen molar-refractivity contribution in [2.75, 3.05) is 40.0 Å². The first-order chi connectivity index (χ1) is 16.6. The molecule has 1 saturated heterocycles. The summed E-state index contributed by atoms with van der Waals surface area (Å²) >= 11 is 0. The van der Waals surface area contributed by atoms with Crippen LogP contribution in [0.1, 0.15) is 24.2 Å². The second-order valence-electron chi connectivity index (χ2n) is 8.82. The van der Waals surface area contributed by atoms with Gasteiger partial charge in [0.15, 0.2) is 11.5 Å². The van der Waals surface area contributed by atoms with Gasteiger partial charge in [-0.1, -0.05) is 0 Å². The summed E-state index contributed by atoms with van der Waals surface area (Å²) in [4.78, 5) is 24.1. The van der Waals surface area contributed by atoms with Crippen LogP contribution in [-0.4, -0.2) is 65.4 Å². The molecule has 0 radical (unpaired) electrons. The van der Waals surface area contributed by atoms with Gasteiger partial charge in [-0.15, -0.1) is 12.4 Å². The van der Waals surface area contributed by atoms with Crippen LogP contribution in [0.5, 0.6) is 17.2 Å². The molecule has 2 aliphatic heterocycles. The lowest BCUT2D eigenvalue weighted by atomic mass is 10.0. The number of nitrogens with one attached hydrogen (secondary N) is 1. The van der Waals surface area contributed by atoms with Crippen molar-refractivity contribution < 1.29 is 14.2 Å². The predicted molar refractivity (Wildman–Crippen MR) is 136 cm³/mol. The lowest BCUT2D eigenvalue weighted by Crippen LogP contribution is -2.43. The zero-order valence-corrected chi connectivity index (χ0v) is 21.0. The van der Waals surface area contributed by atoms with Crippen LogP contribution >= 0.6 is 12.4 Å². The molecule has 188 valence electrons. The number of piperidine rings is 1. The van der Waals surface area contributed by atoms with Crippen molar-refractivity contribution in [2.45, 2.75) is 38.9 Å². The molecule has 1 fully saturated rings. The van der Waals surface area contributed by atoms with Gasteiger partial charge in [0.2, 0.25) is 0 Å². The largest absolute Gasteiger partial charge is 0.495 e. The van der Waals surface area contributed by atoms with Crippen molar-refractivity contribution in [3.63, 3.8) is 0 Å². The van der Waals surface area contributed by atoms with Gasteiger partial charge in [0.1, 0.15) is 19.0 Å². The zero-order chi connectivity index (χ0) is 23.5. The Balaban J connectivity index is 0.00000289. The fourth-order valence-electron chi connectivity index (χ4n) is 4.67. The molecule has 0 aliphatic carbocycles. The highest BCUT2D eigenvalue weighted by molar-refractivity contribution is 5.85. The number of hydrogen-bond donors (Lipinski definition) is 1. The quantitative estimate of drug-likeness (QED) is 0.528. The van der Waals surface area contributed by atoms with Crippen molar-refractivity contribution >= 4 is 23.4 Å². The minimum Gasteiger partial charge on any atom is -0.495 e. The van der Waals surface area contributed by atoms with Gasteiger partial charge in [0, 0.05) is 43.9 Å². The Morgan fingerprint density at radius 2 is 1.89 bits per heavy atom. The molecule has 1 N–H and O–H groups in total. The first kappa shape index (κ1) is 25.2. The zero-order valence-electron chi connectivity index (χ0n) is 20.2. The Hall–Kier alpha value is -2.88. The maximum absolute atomic E-state index is 12.6. The number of likely N-dealkylation sites (tertiary alicyclic amines) is 1. The predicted octanol–water partition coefficient (Wildman–Crippen LogP) is 2.56. The van der Waals surface area contributed by atoms with E-state index in [2.05, 4.69) is 20.2 Å². The number of aromatic nitrogens is 3. The number of pyridine rings is 3. The van der Waals surface area contributed by atoms with Gasteiger partial charge in [0.25, 0.3) is 5.56 Å². The summed E-state index contributed by atoms with van der Waals surface area (Å²) < 4.78 is 18.4. The summed E-state index contributed by atoms with van der Waals surface area (Å²) in [6.45, 7) is 7.21. The van der Waals surface area contributed by atoms with Crippen LogP contribution in [-0.2, 0) is 13.1 Å². The third kappa shape index (κ3) is 5.69. The summed E-state index contributed by atoms with van der Waals surface area (Å²) in [6.07, 6.45) is 3.86. The van der Waals surface area contributed by atoms with E-state index in [0.717, 1.165) is 66.4 Å². The molecule has 10 heteroatoms. The molecule has 0 unspecified atom stereocenters. The maximum atomic E-state index is 12.6. The van der Waals surface area contributed by atoms with Crippen molar-refractivity contribution in [2.24, 2.45) is 0 Å². The van der Waals surface area contributed by atoms with Gasteiger partial charge >= 0.3 is 0 Å². The van der Waals surface area contributed by atoms with Crippen LogP contribution in [0.4, 0.5) is 0 Å². The fourth-order valence-corrected chi connectivity index (χ4v) is 4.67. The van der Waals surface area contributed by atoms with Crippen LogP contribution in [0.15, 0.2) is 35.3 Å². The van der Waals surface area contributed by atoms with E-state index in [1.807, 2.05) is 23.6 Å². The minimum absolute atomic E-state index is 0. The molecule has 0 spiro atoms. The van der Waals surface area contributed by atoms with Crippen LogP contribution in [0.25, 0.3) is 11.0 Å². The SMILES string of the molecule is COc1cc2c(ccc(=O)n2CCN2CCC(NCc3cc4c(cn3)OCCO4)CC2)nc1C.Cl. The van der Waals surface area contributed by atoms with E-state index in [1.165, 1.54) is 0 Å². The molecular weight excluding hydrogens is 470 g/mol. The molecule has 0 bridgehead atoms. The molecular formula is C25H32ClN5O4. The maximum Gasteiger partial charge on any atom is 0.251 e. The third-order valence-electron chi connectivity index (χ3n) is 6.62. The molecule has 5 rings (SSSR count). The number of ether oxygens (including phenoxy) is 3. The summed E-state index contributed by atoms with van der Waals surface area (Å²) in [5.74, 6) is 2.20. The smallest absolute Gasteiger partial charge is 0.251 e. The molecule has 0 atom stereocenters. The Kier molecular flexibility index (Phi) is 8.10. The van der Waals surface area contributed by atoms with Gasteiger partial charge in [-0.3, -0.25) is 9.78 Å². The van der Waals surface area contributed by atoms with Gasteiger partial charge < -0.3 is 29.0 Å². The van der Waals surface area contributed by atoms with Crippen molar-refractivity contribution in [3.05, 3.63) is 52.2 Å². The van der Waals surface area contributed by atoms with E-state index >= 15 is 0 Å². The third-order valence-corrected chi connectivity index (χ3v) is 6.62. The topological polar surface area (TPSA) is 90.7 Å². The molecule has 35 heavy (non-hydrogen) atoms. The Morgan fingerprint density at radius 3 is 2.66 bits per heavy atom. The lowest BCUT2D eigenvalue weighted by Gasteiger charge is -2.32. The number of hydrogen-bond acceptors (Lipinski definition) is 8. The highest BCUT2D eigenvalue weighted by Crippen LogP contribution is 2.29. The van der Waals surface area contributed by atoms with Crippen molar-refractivity contribution in [1.29, 1.82) is 0 Å². The van der Waals surface area contributed by atoms with E-state index in [9.17, 15) is 4.79 Å². The van der Waals surface area contributed by atoms with Crippen molar-refractivity contribution in [3.8, 4) is 17.2 Å². The second-order valence-corrected chi connectivity index (χ2v) is 8.82. The number of aryl methyl sites for hydroxylation is 1. The normalized spacial score (nSPS) is 16.2. The van der Waals surface area contributed by atoms with Crippen molar-refractivity contribution in [1.82, 2.24) is 24.8 Å². The molecule has 0 amide bonds. The molecule has 0 saturated carbocycles. The molecule has 0 aromatic carbocycles. The average molecular weight is 502 g/mol. The summed E-state index contributed by atoms with van der Waals surface area (Å²) in [5, 5.41) is 3.63. The van der Waals surface area contributed by atoms with E-state index in [-0.39, 0.29) is 18.0 Å². The Bertz CT molecular complexity index is 1230. The van der Waals surface area contributed by atoms with E-state index in [4.69, 9.17) is 14.2 Å². The van der Waals surface area contributed by atoms with Crippen LogP contribution < -0.4 is 25.1 Å². The van der Waals surface area contributed by atoms with Crippen LogP contribution in [0, 0.1) is 6.92 Å². The van der Waals surface area contributed by atoms with Gasteiger partial charge in [-0.25, -0.2) is 4.98 Å². The van der Waals surface area contributed by atoms with Crippen LogP contribution in [0.2, 0.25) is 0 Å². The van der Waals surface area contributed by atoms with E-state index in [1.54, 1.807) is 25.4 Å². The number of rotatable bonds is 7. The number of nitrogens with zero attached hydrogens (tertiary/aromatic N) is 4. The first-order valence-electron chi connectivity index (χ1n) is 11.9. The summed E-state index contributed by atoms with van der Waals surface area (Å²) in [5.41, 5.74) is 3.40. The van der Waals surface area contributed by atoms with E-state index in [0.29, 0.717) is 38.1 Å². The molecule has 2 aliphatic rings. The fraction of sp³-hybridized carbons (Fsp3) is 0.480. The highest BCUT2D eigenvalue weighted by atomic mass is 35.5. The number of halogens is 1. The standard InChI is InChI=1S/C25H31N5O4.ClH/c1-17-22(32-2)14-21-20(28-17)3-4-25(31)30(21)10-9-29-7-5-18(6-8-29)26-15-19-13-23-24(16-27-19)34-12-11-33-23;/h3-4,13-14,16,18,26H,5-12,15H2,1-2H3;1H. The highest BCUT2D eigenvalue weighted by Gasteiger charge is 2.20. The molecule has 5 heterocycles. The number of methoxy groups -OCH3 is 1.